The van der Waals surface area contributed by atoms with Crippen molar-refractivity contribution in [1.29, 1.82) is 0 Å². The molecule has 1 aliphatic rings. The number of hydrogen-bond acceptors (Lipinski definition) is 4. The summed E-state index contributed by atoms with van der Waals surface area (Å²) in [6.07, 6.45) is 0. The Morgan fingerprint density at radius 1 is 1.30 bits per heavy atom. The SMILES string of the molecule is CCNC(=NCc1ccc(Br)cc1N1CCOCC1)NCC(C)(C)OC.I. The molecule has 8 heteroatoms. The van der Waals surface area contributed by atoms with Crippen molar-refractivity contribution in [3.63, 3.8) is 0 Å². The molecule has 0 aromatic heterocycles. The van der Waals surface area contributed by atoms with Gasteiger partial charge in [0.25, 0.3) is 0 Å². The lowest BCUT2D eigenvalue weighted by molar-refractivity contribution is 0.0268. The molecule has 0 spiro atoms. The Balaban J connectivity index is 0.00000364. The summed E-state index contributed by atoms with van der Waals surface area (Å²) >= 11 is 3.59. The van der Waals surface area contributed by atoms with Crippen LogP contribution in [0.4, 0.5) is 5.69 Å². The highest BCUT2D eigenvalue weighted by molar-refractivity contribution is 14.0. The molecular formula is C19H32BrIN4O2. The van der Waals surface area contributed by atoms with Crippen molar-refractivity contribution in [2.75, 3.05) is 51.4 Å². The zero-order chi connectivity index (χ0) is 19.0. The molecule has 1 heterocycles. The van der Waals surface area contributed by atoms with Gasteiger partial charge in [-0.15, -0.1) is 24.0 Å². The molecule has 1 aliphatic heterocycles. The summed E-state index contributed by atoms with van der Waals surface area (Å²) in [5.74, 6) is 0.800. The van der Waals surface area contributed by atoms with Gasteiger partial charge in [0.05, 0.1) is 25.4 Å². The Hall–Kier alpha value is -0.580. The standard InChI is InChI=1S/C19H31BrN4O2.HI/c1-5-21-18(23-14-19(2,3)25-4)22-13-15-6-7-16(20)12-17(15)24-8-10-26-11-9-24;/h6-7,12H,5,8-11,13-14H2,1-4H3,(H2,21,22,23);1H. The van der Waals surface area contributed by atoms with E-state index in [-0.39, 0.29) is 29.6 Å². The van der Waals surface area contributed by atoms with E-state index in [0.29, 0.717) is 13.1 Å². The minimum Gasteiger partial charge on any atom is -0.378 e. The van der Waals surface area contributed by atoms with Gasteiger partial charge >= 0.3 is 0 Å². The number of benzene rings is 1. The molecule has 1 fully saturated rings. The maximum Gasteiger partial charge on any atom is 0.191 e. The first kappa shape index (κ1) is 24.5. The number of morpholine rings is 1. The van der Waals surface area contributed by atoms with Crippen molar-refractivity contribution in [3.8, 4) is 0 Å². The number of aliphatic imine (C=N–C) groups is 1. The highest BCUT2D eigenvalue weighted by Crippen LogP contribution is 2.26. The minimum atomic E-state index is -0.243. The van der Waals surface area contributed by atoms with Crippen molar-refractivity contribution in [1.82, 2.24) is 10.6 Å². The van der Waals surface area contributed by atoms with Gasteiger partial charge in [0.15, 0.2) is 5.96 Å². The molecule has 1 saturated heterocycles. The second-order valence-corrected chi connectivity index (χ2v) is 7.80. The van der Waals surface area contributed by atoms with E-state index in [0.717, 1.165) is 43.3 Å². The largest absolute Gasteiger partial charge is 0.378 e. The first-order valence-electron chi connectivity index (χ1n) is 9.13. The predicted molar refractivity (Wildman–Crippen MR) is 126 cm³/mol. The Morgan fingerprint density at radius 3 is 2.63 bits per heavy atom. The smallest absolute Gasteiger partial charge is 0.191 e. The van der Waals surface area contributed by atoms with Gasteiger partial charge in [0.2, 0.25) is 0 Å². The molecule has 0 saturated carbocycles. The summed E-state index contributed by atoms with van der Waals surface area (Å²) in [6.45, 7) is 11.6. The van der Waals surface area contributed by atoms with Crippen LogP contribution in [0.5, 0.6) is 0 Å². The Bertz CT molecular complexity index is 607. The number of guanidine groups is 1. The minimum absolute atomic E-state index is 0. The molecule has 1 aromatic carbocycles. The van der Waals surface area contributed by atoms with Gasteiger partial charge in [-0.05, 0) is 38.5 Å². The number of nitrogens with zero attached hydrogens (tertiary/aromatic N) is 2. The number of ether oxygens (including phenoxy) is 2. The van der Waals surface area contributed by atoms with Gasteiger partial charge < -0.3 is 25.0 Å². The molecule has 6 nitrogen and oxygen atoms in total. The maximum atomic E-state index is 5.48. The van der Waals surface area contributed by atoms with Crippen LogP contribution in [0.15, 0.2) is 27.7 Å². The molecule has 154 valence electrons. The van der Waals surface area contributed by atoms with E-state index in [1.54, 1.807) is 7.11 Å². The number of hydrogen-bond donors (Lipinski definition) is 2. The second-order valence-electron chi connectivity index (χ2n) is 6.88. The van der Waals surface area contributed by atoms with Crippen LogP contribution in [-0.4, -0.2) is 58.1 Å². The van der Waals surface area contributed by atoms with Crippen LogP contribution in [-0.2, 0) is 16.0 Å². The molecule has 27 heavy (non-hydrogen) atoms. The first-order valence-corrected chi connectivity index (χ1v) is 9.93. The highest BCUT2D eigenvalue weighted by atomic mass is 127. The molecule has 0 atom stereocenters. The quantitative estimate of drug-likeness (QED) is 0.307. The lowest BCUT2D eigenvalue weighted by Gasteiger charge is -2.30. The van der Waals surface area contributed by atoms with E-state index in [9.17, 15) is 0 Å². The second kappa shape index (κ2) is 12.1. The summed E-state index contributed by atoms with van der Waals surface area (Å²) in [5.41, 5.74) is 2.19. The van der Waals surface area contributed by atoms with Crippen LogP contribution < -0.4 is 15.5 Å². The molecule has 0 unspecified atom stereocenters. The van der Waals surface area contributed by atoms with Crippen LogP contribution >= 0.6 is 39.9 Å². The monoisotopic (exact) mass is 554 g/mol. The third-order valence-electron chi connectivity index (χ3n) is 4.38. The molecule has 0 bridgehead atoms. The van der Waals surface area contributed by atoms with Gasteiger partial charge in [-0.2, -0.15) is 0 Å². The predicted octanol–water partition coefficient (Wildman–Crippen LogP) is 3.38. The number of anilines is 1. The summed E-state index contributed by atoms with van der Waals surface area (Å²) in [4.78, 5) is 7.14. The highest BCUT2D eigenvalue weighted by Gasteiger charge is 2.17. The number of halogens is 2. The fourth-order valence-corrected chi connectivity index (χ4v) is 2.99. The zero-order valence-corrected chi connectivity index (χ0v) is 20.6. The third kappa shape index (κ3) is 8.13. The van der Waals surface area contributed by atoms with Gasteiger partial charge in [-0.1, -0.05) is 22.0 Å². The molecule has 0 aliphatic carbocycles. The van der Waals surface area contributed by atoms with Crippen molar-refractivity contribution in [2.45, 2.75) is 32.9 Å². The normalized spacial score (nSPS) is 15.3. The van der Waals surface area contributed by atoms with Crippen LogP contribution in [0.2, 0.25) is 0 Å². The van der Waals surface area contributed by atoms with Gasteiger partial charge in [-0.3, -0.25) is 0 Å². The molecular weight excluding hydrogens is 523 g/mol. The van der Waals surface area contributed by atoms with Crippen molar-refractivity contribution in [2.24, 2.45) is 4.99 Å². The van der Waals surface area contributed by atoms with Crippen molar-refractivity contribution < 1.29 is 9.47 Å². The first-order chi connectivity index (χ1) is 12.4. The van der Waals surface area contributed by atoms with E-state index in [1.165, 1.54) is 11.3 Å². The summed E-state index contributed by atoms with van der Waals surface area (Å²) in [6, 6.07) is 6.38. The van der Waals surface area contributed by atoms with Gasteiger partial charge in [0, 0.05) is 43.4 Å². The van der Waals surface area contributed by atoms with E-state index in [2.05, 4.69) is 70.4 Å². The van der Waals surface area contributed by atoms with Gasteiger partial charge in [-0.25, -0.2) is 4.99 Å². The molecule has 2 rings (SSSR count). The fourth-order valence-electron chi connectivity index (χ4n) is 2.64. The lowest BCUT2D eigenvalue weighted by atomic mass is 10.1. The van der Waals surface area contributed by atoms with Crippen LogP contribution in [0.1, 0.15) is 26.3 Å². The average Bonchev–Trinajstić information content (AvgIpc) is 2.65. The molecule has 1 aromatic rings. The maximum absolute atomic E-state index is 5.48. The number of nitrogens with one attached hydrogen (secondary N) is 2. The van der Waals surface area contributed by atoms with Crippen molar-refractivity contribution >= 4 is 51.6 Å². The van der Waals surface area contributed by atoms with E-state index in [4.69, 9.17) is 14.5 Å². The number of methoxy groups -OCH3 is 1. The Labute approximate surface area is 188 Å². The average molecular weight is 555 g/mol. The van der Waals surface area contributed by atoms with E-state index in [1.807, 2.05) is 0 Å². The molecule has 0 radical (unpaired) electrons. The number of rotatable bonds is 7. The molecule has 0 amide bonds. The Morgan fingerprint density at radius 2 is 2.00 bits per heavy atom. The summed E-state index contributed by atoms with van der Waals surface area (Å²) in [5, 5.41) is 6.66. The summed E-state index contributed by atoms with van der Waals surface area (Å²) < 4.78 is 12.0. The Kier molecular flexibility index (Phi) is 10.9. The van der Waals surface area contributed by atoms with Crippen LogP contribution in [0.3, 0.4) is 0 Å². The van der Waals surface area contributed by atoms with Crippen LogP contribution in [0, 0.1) is 0 Å². The van der Waals surface area contributed by atoms with E-state index >= 15 is 0 Å². The van der Waals surface area contributed by atoms with Crippen molar-refractivity contribution in [3.05, 3.63) is 28.2 Å². The zero-order valence-electron chi connectivity index (χ0n) is 16.7. The lowest BCUT2D eigenvalue weighted by Crippen LogP contribution is -2.45. The topological polar surface area (TPSA) is 58.1 Å². The molecule has 2 N–H and O–H groups in total. The van der Waals surface area contributed by atoms with Crippen LogP contribution in [0.25, 0.3) is 0 Å². The summed E-state index contributed by atoms with van der Waals surface area (Å²) in [7, 11) is 1.72. The third-order valence-corrected chi connectivity index (χ3v) is 4.88. The van der Waals surface area contributed by atoms with Gasteiger partial charge in [0.1, 0.15) is 0 Å². The fraction of sp³-hybridized carbons (Fsp3) is 0.632. The van der Waals surface area contributed by atoms with E-state index < -0.39 is 0 Å².